The standard InChI is InChI=1S/C8H8F4O/c9-6-3-1-2-4-7(6)13-5-8(10,11)12/h3-4H,1-2,5H2. The van der Waals surface area contributed by atoms with E-state index in [9.17, 15) is 17.6 Å². The van der Waals surface area contributed by atoms with E-state index in [2.05, 4.69) is 4.74 Å². The predicted octanol–water partition coefficient (Wildman–Crippen LogP) is 3.10. The maximum Gasteiger partial charge on any atom is 0.422 e. The molecule has 0 radical (unpaired) electrons. The molecule has 13 heavy (non-hydrogen) atoms. The molecule has 1 nitrogen and oxygen atoms in total. The lowest BCUT2D eigenvalue weighted by molar-refractivity contribution is -0.164. The third-order valence-electron chi connectivity index (χ3n) is 1.45. The fourth-order valence-corrected chi connectivity index (χ4v) is 0.910. The van der Waals surface area contributed by atoms with E-state index in [0.29, 0.717) is 12.8 Å². The maximum absolute atomic E-state index is 12.7. The molecule has 0 fully saturated rings. The molecule has 0 aromatic heterocycles. The number of allylic oxidation sites excluding steroid dienone is 3. The van der Waals surface area contributed by atoms with Gasteiger partial charge in [-0.25, -0.2) is 4.39 Å². The number of alkyl halides is 3. The van der Waals surface area contributed by atoms with Crippen molar-refractivity contribution in [3.05, 3.63) is 23.7 Å². The topological polar surface area (TPSA) is 9.23 Å². The summed E-state index contributed by atoms with van der Waals surface area (Å²) < 4.78 is 51.9. The van der Waals surface area contributed by atoms with E-state index in [-0.39, 0.29) is 5.76 Å². The molecule has 0 spiro atoms. The van der Waals surface area contributed by atoms with Gasteiger partial charge in [-0.1, -0.05) is 0 Å². The van der Waals surface area contributed by atoms with Crippen molar-refractivity contribution in [3.8, 4) is 0 Å². The zero-order valence-corrected chi connectivity index (χ0v) is 6.70. The van der Waals surface area contributed by atoms with E-state index in [1.54, 1.807) is 0 Å². The molecule has 74 valence electrons. The van der Waals surface area contributed by atoms with Gasteiger partial charge in [0.1, 0.15) is 0 Å². The van der Waals surface area contributed by atoms with Crippen molar-refractivity contribution >= 4 is 0 Å². The Balaban J connectivity index is 2.46. The van der Waals surface area contributed by atoms with Crippen molar-refractivity contribution in [1.29, 1.82) is 0 Å². The summed E-state index contributed by atoms with van der Waals surface area (Å²) in [7, 11) is 0. The van der Waals surface area contributed by atoms with Crippen LogP contribution < -0.4 is 0 Å². The third-order valence-corrected chi connectivity index (χ3v) is 1.45. The first-order chi connectivity index (χ1) is 5.99. The maximum atomic E-state index is 12.7. The van der Waals surface area contributed by atoms with Crippen LogP contribution in [-0.4, -0.2) is 12.8 Å². The zero-order chi connectivity index (χ0) is 9.90. The zero-order valence-electron chi connectivity index (χ0n) is 6.70. The van der Waals surface area contributed by atoms with E-state index in [1.807, 2.05) is 0 Å². The lowest BCUT2D eigenvalue weighted by atomic mass is 10.1. The molecule has 5 heteroatoms. The second-order valence-corrected chi connectivity index (χ2v) is 2.60. The molecule has 0 aromatic rings. The van der Waals surface area contributed by atoms with Crippen LogP contribution in [0.2, 0.25) is 0 Å². The number of rotatable bonds is 2. The number of ether oxygens (including phenoxy) is 1. The summed E-state index contributed by atoms with van der Waals surface area (Å²) in [5.74, 6) is -1.01. The van der Waals surface area contributed by atoms with Crippen molar-refractivity contribution in [2.75, 3.05) is 6.61 Å². The minimum absolute atomic E-state index is 0.302. The van der Waals surface area contributed by atoms with Crippen molar-refractivity contribution in [3.63, 3.8) is 0 Å². The second kappa shape index (κ2) is 3.81. The summed E-state index contributed by atoms with van der Waals surface area (Å²) in [5, 5.41) is 0. The normalized spacial score (nSPS) is 17.8. The average Bonchev–Trinajstić information content (AvgIpc) is 2.01. The van der Waals surface area contributed by atoms with Crippen LogP contribution in [0.5, 0.6) is 0 Å². The molecule has 0 aromatic carbocycles. The van der Waals surface area contributed by atoms with Crippen molar-refractivity contribution in [1.82, 2.24) is 0 Å². The molecule has 0 bridgehead atoms. The van der Waals surface area contributed by atoms with Crippen molar-refractivity contribution in [2.24, 2.45) is 0 Å². The summed E-state index contributed by atoms with van der Waals surface area (Å²) in [4.78, 5) is 0. The summed E-state index contributed by atoms with van der Waals surface area (Å²) in [5.41, 5.74) is 0. The fraction of sp³-hybridized carbons (Fsp3) is 0.500. The Morgan fingerprint density at radius 2 is 1.85 bits per heavy atom. The molecular weight excluding hydrogens is 188 g/mol. The molecule has 0 unspecified atom stereocenters. The highest BCUT2D eigenvalue weighted by Gasteiger charge is 2.29. The quantitative estimate of drug-likeness (QED) is 0.616. The van der Waals surface area contributed by atoms with Crippen LogP contribution in [0.15, 0.2) is 23.7 Å². The van der Waals surface area contributed by atoms with E-state index in [4.69, 9.17) is 0 Å². The van der Waals surface area contributed by atoms with Gasteiger partial charge in [-0.05, 0) is 25.0 Å². The van der Waals surface area contributed by atoms with Gasteiger partial charge in [-0.3, -0.25) is 0 Å². The summed E-state index contributed by atoms with van der Waals surface area (Å²) >= 11 is 0. The van der Waals surface area contributed by atoms with Gasteiger partial charge >= 0.3 is 6.18 Å². The van der Waals surface area contributed by atoms with Gasteiger partial charge in [0, 0.05) is 0 Å². The molecule has 1 rings (SSSR count). The first kappa shape index (κ1) is 10.1. The molecule has 0 N–H and O–H groups in total. The van der Waals surface area contributed by atoms with E-state index < -0.39 is 18.6 Å². The number of hydrogen-bond acceptors (Lipinski definition) is 1. The Morgan fingerprint density at radius 3 is 2.38 bits per heavy atom. The Hall–Kier alpha value is -1.00. The van der Waals surface area contributed by atoms with Gasteiger partial charge in [0.15, 0.2) is 18.2 Å². The minimum atomic E-state index is -4.42. The molecule has 0 aliphatic heterocycles. The summed E-state index contributed by atoms with van der Waals surface area (Å²) in [6.07, 6.45) is -0.864. The van der Waals surface area contributed by atoms with Gasteiger partial charge in [-0.15, -0.1) is 0 Å². The van der Waals surface area contributed by atoms with E-state index in [1.165, 1.54) is 12.2 Å². The Bertz CT molecular complexity index is 239. The highest BCUT2D eigenvalue weighted by Crippen LogP contribution is 2.23. The molecule has 0 heterocycles. The lowest BCUT2D eigenvalue weighted by Gasteiger charge is -2.13. The molecule has 1 aliphatic carbocycles. The number of hydrogen-bond donors (Lipinski definition) is 0. The van der Waals surface area contributed by atoms with Crippen LogP contribution in [0.4, 0.5) is 17.6 Å². The largest absolute Gasteiger partial charge is 0.481 e. The Morgan fingerprint density at radius 1 is 1.23 bits per heavy atom. The molecule has 0 atom stereocenters. The smallest absolute Gasteiger partial charge is 0.422 e. The van der Waals surface area contributed by atoms with Gasteiger partial charge in [0.05, 0.1) is 0 Å². The minimum Gasteiger partial charge on any atom is -0.481 e. The van der Waals surface area contributed by atoms with Crippen LogP contribution in [0.25, 0.3) is 0 Å². The van der Waals surface area contributed by atoms with Crippen molar-refractivity contribution < 1.29 is 22.3 Å². The van der Waals surface area contributed by atoms with Crippen LogP contribution in [-0.2, 0) is 4.74 Å². The first-order valence-corrected chi connectivity index (χ1v) is 3.75. The highest BCUT2D eigenvalue weighted by atomic mass is 19.4. The van der Waals surface area contributed by atoms with Crippen molar-refractivity contribution in [2.45, 2.75) is 19.0 Å². The third kappa shape index (κ3) is 3.48. The molecule has 0 saturated carbocycles. The summed E-state index contributed by atoms with van der Waals surface area (Å²) in [6.45, 7) is -1.44. The average molecular weight is 196 g/mol. The van der Waals surface area contributed by atoms with Crippen LogP contribution in [0.3, 0.4) is 0 Å². The number of halogens is 4. The van der Waals surface area contributed by atoms with Gasteiger partial charge < -0.3 is 4.74 Å². The lowest BCUT2D eigenvalue weighted by Crippen LogP contribution is -2.17. The van der Waals surface area contributed by atoms with Crippen LogP contribution in [0.1, 0.15) is 12.8 Å². The van der Waals surface area contributed by atoms with Gasteiger partial charge in [-0.2, -0.15) is 13.2 Å². The first-order valence-electron chi connectivity index (χ1n) is 3.75. The monoisotopic (exact) mass is 196 g/mol. The summed E-state index contributed by atoms with van der Waals surface area (Å²) in [6, 6.07) is 0. The predicted molar refractivity (Wildman–Crippen MR) is 38.5 cm³/mol. The molecular formula is C8H8F4O. The van der Waals surface area contributed by atoms with Gasteiger partial charge in [0.25, 0.3) is 0 Å². The van der Waals surface area contributed by atoms with E-state index in [0.717, 1.165) is 0 Å². The van der Waals surface area contributed by atoms with Crippen LogP contribution in [0, 0.1) is 0 Å². The Kier molecular flexibility index (Phi) is 2.95. The van der Waals surface area contributed by atoms with E-state index >= 15 is 0 Å². The highest BCUT2D eigenvalue weighted by molar-refractivity contribution is 5.22. The Labute approximate surface area is 72.7 Å². The SMILES string of the molecule is FC1=CCCC=C1OCC(F)(F)F. The van der Waals surface area contributed by atoms with Gasteiger partial charge in [0.2, 0.25) is 0 Å². The fourth-order valence-electron chi connectivity index (χ4n) is 0.910. The second-order valence-electron chi connectivity index (χ2n) is 2.60. The molecule has 0 amide bonds. The molecule has 0 saturated heterocycles. The van der Waals surface area contributed by atoms with Crippen LogP contribution >= 0.6 is 0 Å². The molecule has 1 aliphatic rings.